The van der Waals surface area contributed by atoms with E-state index in [0.29, 0.717) is 21.9 Å². The van der Waals surface area contributed by atoms with E-state index in [0.717, 1.165) is 10.0 Å². The van der Waals surface area contributed by atoms with Crippen LogP contribution in [0.2, 0.25) is 5.02 Å². The van der Waals surface area contributed by atoms with Gasteiger partial charge in [-0.3, -0.25) is 0 Å². The van der Waals surface area contributed by atoms with E-state index in [4.69, 9.17) is 11.6 Å². The smallest absolute Gasteiger partial charge is 0.177 e. The quantitative estimate of drug-likeness (QED) is 0.724. The zero-order valence-electron chi connectivity index (χ0n) is 10.9. The Kier molecular flexibility index (Phi) is 3.55. The van der Waals surface area contributed by atoms with Gasteiger partial charge in [0.1, 0.15) is 11.3 Å². The van der Waals surface area contributed by atoms with Crippen LogP contribution in [-0.4, -0.2) is 24.6 Å². The Morgan fingerprint density at radius 1 is 1.24 bits per heavy atom. The van der Waals surface area contributed by atoms with E-state index in [9.17, 15) is 8.42 Å². The molecule has 0 unspecified atom stereocenters. The number of para-hydroxylation sites is 1. The van der Waals surface area contributed by atoms with Gasteiger partial charge in [-0.2, -0.15) is 0 Å². The number of hydrogen-bond donors (Lipinski definition) is 1. The lowest BCUT2D eigenvalue weighted by atomic mass is 10.2. The third-order valence-electron chi connectivity index (χ3n) is 3.06. The van der Waals surface area contributed by atoms with E-state index >= 15 is 0 Å². The van der Waals surface area contributed by atoms with Crippen molar-refractivity contribution in [2.75, 3.05) is 6.26 Å². The van der Waals surface area contributed by atoms with Crippen molar-refractivity contribution in [3.63, 3.8) is 0 Å². The Bertz CT molecular complexity index is 951. The number of halogens is 2. The summed E-state index contributed by atoms with van der Waals surface area (Å²) in [6, 6.07) is 10.4. The van der Waals surface area contributed by atoms with Crippen LogP contribution in [0.25, 0.3) is 22.4 Å². The summed E-state index contributed by atoms with van der Waals surface area (Å²) in [6.07, 6.45) is 1.17. The molecule has 21 heavy (non-hydrogen) atoms. The predicted octanol–water partition coefficient (Wildman–Crippen LogP) is 4.05. The molecule has 0 aliphatic carbocycles. The van der Waals surface area contributed by atoms with Crippen molar-refractivity contribution in [1.82, 2.24) is 9.97 Å². The minimum Gasteiger partial charge on any atom is -0.338 e. The van der Waals surface area contributed by atoms with Gasteiger partial charge in [0.25, 0.3) is 0 Å². The molecule has 0 saturated heterocycles. The number of fused-ring (bicyclic) bond motifs is 1. The van der Waals surface area contributed by atoms with Gasteiger partial charge in [-0.05, 0) is 46.3 Å². The van der Waals surface area contributed by atoms with Crippen LogP contribution < -0.4 is 0 Å². The van der Waals surface area contributed by atoms with Crippen LogP contribution in [-0.2, 0) is 9.84 Å². The molecule has 0 bridgehead atoms. The molecule has 0 spiro atoms. The van der Waals surface area contributed by atoms with E-state index in [1.165, 1.54) is 6.26 Å². The standard InChI is InChI=1S/C14H10BrClN2O2S/c1-21(19,20)12-4-2-3-11-13(12)18-14(17-11)9-6-5-8(16)7-10(9)15/h2-7H,1H3,(H,17,18). The van der Waals surface area contributed by atoms with Crippen LogP contribution in [0.15, 0.2) is 45.8 Å². The van der Waals surface area contributed by atoms with E-state index in [1.54, 1.807) is 30.3 Å². The number of aromatic nitrogens is 2. The highest BCUT2D eigenvalue weighted by Crippen LogP contribution is 2.31. The molecule has 0 aliphatic heterocycles. The fraction of sp³-hybridized carbons (Fsp3) is 0.0714. The van der Waals surface area contributed by atoms with E-state index in [2.05, 4.69) is 25.9 Å². The highest BCUT2D eigenvalue weighted by Gasteiger charge is 2.16. The third kappa shape index (κ3) is 2.71. The molecule has 1 aromatic heterocycles. The molecule has 1 N–H and O–H groups in total. The fourth-order valence-corrected chi connectivity index (χ4v) is 3.82. The summed E-state index contributed by atoms with van der Waals surface area (Å²) in [5.74, 6) is 0.588. The topological polar surface area (TPSA) is 62.8 Å². The second-order valence-corrected chi connectivity index (χ2v) is 7.91. The minimum atomic E-state index is -3.33. The molecule has 0 fully saturated rings. The monoisotopic (exact) mass is 384 g/mol. The Labute approximate surface area is 135 Å². The molecule has 3 rings (SSSR count). The lowest BCUT2D eigenvalue weighted by Gasteiger charge is -2.00. The minimum absolute atomic E-state index is 0.215. The van der Waals surface area contributed by atoms with Crippen LogP contribution in [0.1, 0.15) is 0 Å². The molecule has 0 aliphatic rings. The van der Waals surface area contributed by atoms with Crippen molar-refractivity contribution < 1.29 is 8.42 Å². The summed E-state index contributed by atoms with van der Waals surface area (Å²) < 4.78 is 24.4. The third-order valence-corrected chi connectivity index (χ3v) is 5.08. The molecule has 4 nitrogen and oxygen atoms in total. The Hall–Kier alpha value is -1.37. The summed E-state index contributed by atoms with van der Waals surface area (Å²) in [4.78, 5) is 7.78. The molecule has 108 valence electrons. The molecule has 0 atom stereocenters. The maximum atomic E-state index is 11.8. The van der Waals surface area contributed by atoms with Crippen LogP contribution >= 0.6 is 27.5 Å². The van der Waals surface area contributed by atoms with E-state index in [1.807, 2.05) is 6.07 Å². The summed E-state index contributed by atoms with van der Waals surface area (Å²) in [7, 11) is -3.33. The molecular weight excluding hydrogens is 376 g/mol. The maximum absolute atomic E-state index is 11.8. The van der Waals surface area contributed by atoms with Crippen LogP contribution in [0.4, 0.5) is 0 Å². The molecule has 0 saturated carbocycles. The zero-order valence-corrected chi connectivity index (χ0v) is 14.1. The highest BCUT2D eigenvalue weighted by atomic mass is 79.9. The van der Waals surface area contributed by atoms with Crippen LogP contribution in [0, 0.1) is 0 Å². The number of benzene rings is 2. The largest absolute Gasteiger partial charge is 0.338 e. The van der Waals surface area contributed by atoms with Gasteiger partial charge in [0, 0.05) is 21.3 Å². The van der Waals surface area contributed by atoms with E-state index < -0.39 is 9.84 Å². The number of H-pyrrole nitrogens is 1. The second-order valence-electron chi connectivity index (χ2n) is 4.63. The average molecular weight is 386 g/mol. The van der Waals surface area contributed by atoms with Crippen molar-refractivity contribution in [3.05, 3.63) is 45.9 Å². The summed E-state index contributed by atoms with van der Waals surface area (Å²) in [5.41, 5.74) is 1.93. The molecule has 0 radical (unpaired) electrons. The first-order chi connectivity index (χ1) is 9.86. The van der Waals surface area contributed by atoms with Gasteiger partial charge in [0.05, 0.1) is 10.4 Å². The van der Waals surface area contributed by atoms with Gasteiger partial charge in [0.2, 0.25) is 0 Å². The van der Waals surface area contributed by atoms with Crippen LogP contribution in [0.3, 0.4) is 0 Å². The van der Waals surface area contributed by atoms with Gasteiger partial charge in [-0.1, -0.05) is 17.7 Å². The van der Waals surface area contributed by atoms with Crippen molar-refractivity contribution in [3.8, 4) is 11.4 Å². The fourth-order valence-electron chi connectivity index (χ4n) is 2.11. The molecule has 0 amide bonds. The predicted molar refractivity (Wildman–Crippen MR) is 87.3 cm³/mol. The summed E-state index contributed by atoms with van der Waals surface area (Å²) in [6.45, 7) is 0. The Morgan fingerprint density at radius 2 is 2.00 bits per heavy atom. The summed E-state index contributed by atoms with van der Waals surface area (Å²) >= 11 is 9.36. The van der Waals surface area contributed by atoms with Crippen molar-refractivity contribution in [1.29, 1.82) is 0 Å². The van der Waals surface area contributed by atoms with Gasteiger partial charge in [-0.25, -0.2) is 13.4 Å². The first-order valence-electron chi connectivity index (χ1n) is 6.00. The number of hydrogen-bond acceptors (Lipinski definition) is 3. The Morgan fingerprint density at radius 3 is 2.67 bits per heavy atom. The van der Waals surface area contributed by atoms with Gasteiger partial charge < -0.3 is 4.98 Å². The number of nitrogens with one attached hydrogen (secondary N) is 1. The van der Waals surface area contributed by atoms with Crippen molar-refractivity contribution >= 4 is 48.4 Å². The van der Waals surface area contributed by atoms with Crippen molar-refractivity contribution in [2.24, 2.45) is 0 Å². The average Bonchev–Trinajstić information content (AvgIpc) is 2.80. The number of rotatable bonds is 2. The normalized spacial score (nSPS) is 12.0. The molecule has 7 heteroatoms. The zero-order chi connectivity index (χ0) is 15.2. The molecular formula is C14H10BrClN2O2S. The lowest BCUT2D eigenvalue weighted by Crippen LogP contribution is -1.97. The number of aromatic amines is 1. The number of sulfone groups is 1. The molecule has 3 aromatic rings. The molecule has 1 heterocycles. The van der Waals surface area contributed by atoms with Gasteiger partial charge in [-0.15, -0.1) is 0 Å². The molecule has 2 aromatic carbocycles. The SMILES string of the molecule is CS(=O)(=O)c1cccc2[nH]c(-c3ccc(Cl)cc3Br)nc12. The maximum Gasteiger partial charge on any atom is 0.177 e. The number of imidazole rings is 1. The highest BCUT2D eigenvalue weighted by molar-refractivity contribution is 9.10. The Balaban J connectivity index is 2.27. The van der Waals surface area contributed by atoms with Crippen LogP contribution in [0.5, 0.6) is 0 Å². The second kappa shape index (κ2) is 5.12. The number of nitrogens with zero attached hydrogens (tertiary/aromatic N) is 1. The first kappa shape index (κ1) is 14.6. The lowest BCUT2D eigenvalue weighted by molar-refractivity contribution is 0.602. The van der Waals surface area contributed by atoms with Crippen molar-refractivity contribution in [2.45, 2.75) is 4.90 Å². The first-order valence-corrected chi connectivity index (χ1v) is 9.07. The summed E-state index contributed by atoms with van der Waals surface area (Å²) in [5, 5.41) is 0.610. The van der Waals surface area contributed by atoms with Gasteiger partial charge >= 0.3 is 0 Å². The van der Waals surface area contributed by atoms with E-state index in [-0.39, 0.29) is 4.90 Å². The van der Waals surface area contributed by atoms with Gasteiger partial charge in [0.15, 0.2) is 9.84 Å².